The third kappa shape index (κ3) is 1.36. The fourth-order valence-corrected chi connectivity index (χ4v) is 1.38. The zero-order valence-electron chi connectivity index (χ0n) is 7.08. The molecule has 1 saturated heterocycles. The minimum absolute atomic E-state index is 0.135. The van der Waals surface area contributed by atoms with E-state index in [1.165, 1.54) is 0 Å². The Hall–Kier alpha value is -0.840. The molecule has 1 rings (SSSR count). The Kier molecular flexibility index (Phi) is 2.23. The third-order valence-electron chi connectivity index (χ3n) is 1.96. The first kappa shape index (κ1) is 9.25. The van der Waals surface area contributed by atoms with Crippen molar-refractivity contribution in [2.24, 2.45) is 0 Å². The van der Waals surface area contributed by atoms with Crippen LogP contribution in [0.3, 0.4) is 0 Å². The Morgan fingerprint density at radius 3 is 2.75 bits per heavy atom. The van der Waals surface area contributed by atoms with Crippen LogP contribution in [0.15, 0.2) is 0 Å². The molecule has 1 unspecified atom stereocenters. The van der Waals surface area contributed by atoms with Crippen molar-refractivity contribution in [2.75, 3.05) is 13.3 Å². The molecule has 1 fully saturated rings. The molecule has 1 aliphatic rings. The number of amides is 1. The molecule has 12 heavy (non-hydrogen) atoms. The predicted molar refractivity (Wildman–Crippen MR) is 39.7 cm³/mol. The molecule has 1 heterocycles. The van der Waals surface area contributed by atoms with Crippen LogP contribution >= 0.6 is 0 Å². The number of alkyl halides is 1. The average molecular weight is 177 g/mol. The number of carbonyl (C=O) groups is 1. The van der Waals surface area contributed by atoms with Gasteiger partial charge in [0.1, 0.15) is 12.4 Å². The number of ether oxygens (including phenoxy) is 1. The van der Waals surface area contributed by atoms with Gasteiger partial charge in [-0.1, -0.05) is 0 Å². The van der Waals surface area contributed by atoms with E-state index in [4.69, 9.17) is 9.84 Å². The van der Waals surface area contributed by atoms with Gasteiger partial charge < -0.3 is 9.84 Å². The summed E-state index contributed by atoms with van der Waals surface area (Å²) in [6.07, 6.45) is -1.14. The van der Waals surface area contributed by atoms with Gasteiger partial charge in [-0.15, -0.1) is 0 Å². The molecule has 1 N–H and O–H groups in total. The molecule has 0 saturated carbocycles. The molecular formula is C7H12FNO3. The van der Waals surface area contributed by atoms with Crippen LogP contribution in [0, 0.1) is 0 Å². The quantitative estimate of drug-likeness (QED) is 0.651. The molecule has 0 aromatic heterocycles. The Morgan fingerprint density at radius 2 is 2.42 bits per heavy atom. The zero-order chi connectivity index (χ0) is 9.35. The van der Waals surface area contributed by atoms with Crippen LogP contribution in [0.4, 0.5) is 9.18 Å². The molecule has 1 atom stereocenters. The van der Waals surface area contributed by atoms with Gasteiger partial charge in [-0.2, -0.15) is 0 Å². The van der Waals surface area contributed by atoms with Crippen molar-refractivity contribution in [3.8, 4) is 0 Å². The summed E-state index contributed by atoms with van der Waals surface area (Å²) >= 11 is 0. The van der Waals surface area contributed by atoms with Gasteiger partial charge in [0.25, 0.3) is 0 Å². The van der Waals surface area contributed by atoms with Crippen LogP contribution in [0.1, 0.15) is 13.8 Å². The summed E-state index contributed by atoms with van der Waals surface area (Å²) in [7, 11) is 0. The van der Waals surface area contributed by atoms with E-state index in [9.17, 15) is 9.18 Å². The van der Waals surface area contributed by atoms with Gasteiger partial charge in [0, 0.05) is 0 Å². The first-order chi connectivity index (χ1) is 5.49. The summed E-state index contributed by atoms with van der Waals surface area (Å²) in [6.45, 7) is 2.65. The standard InChI is InChI=1S/C7H12FNO3/c1-7(2)9(6(10)11)5(3-8)4-12-7/h5H,3-4H2,1-2H3,(H,10,11). The lowest BCUT2D eigenvalue weighted by Crippen LogP contribution is -2.47. The monoisotopic (exact) mass is 177 g/mol. The molecule has 1 amide bonds. The summed E-state index contributed by atoms with van der Waals surface area (Å²) in [4.78, 5) is 11.7. The maximum Gasteiger partial charge on any atom is 0.409 e. The summed E-state index contributed by atoms with van der Waals surface area (Å²) < 4.78 is 17.4. The molecule has 5 heteroatoms. The smallest absolute Gasteiger partial charge is 0.409 e. The molecule has 0 spiro atoms. The van der Waals surface area contributed by atoms with Crippen LogP contribution in [-0.2, 0) is 4.74 Å². The first-order valence-corrected chi connectivity index (χ1v) is 3.71. The average Bonchev–Trinajstić information content (AvgIpc) is 2.24. The highest BCUT2D eigenvalue weighted by Crippen LogP contribution is 2.27. The third-order valence-corrected chi connectivity index (χ3v) is 1.96. The van der Waals surface area contributed by atoms with E-state index in [1.807, 2.05) is 0 Å². The van der Waals surface area contributed by atoms with Crippen LogP contribution in [0.25, 0.3) is 0 Å². The van der Waals surface area contributed by atoms with E-state index in [0.29, 0.717) is 0 Å². The van der Waals surface area contributed by atoms with E-state index in [1.54, 1.807) is 13.8 Å². The van der Waals surface area contributed by atoms with E-state index >= 15 is 0 Å². The van der Waals surface area contributed by atoms with Gasteiger partial charge in [0.05, 0.1) is 12.6 Å². The second-order valence-electron chi connectivity index (χ2n) is 3.22. The van der Waals surface area contributed by atoms with Gasteiger partial charge >= 0.3 is 6.09 Å². The SMILES string of the molecule is CC1(C)OCC(CF)N1C(=O)O. The Balaban J connectivity index is 2.80. The lowest BCUT2D eigenvalue weighted by molar-refractivity contribution is -0.0424. The molecule has 4 nitrogen and oxygen atoms in total. The number of halogens is 1. The topological polar surface area (TPSA) is 49.8 Å². The maximum absolute atomic E-state index is 12.3. The van der Waals surface area contributed by atoms with E-state index in [-0.39, 0.29) is 6.61 Å². The minimum Gasteiger partial charge on any atom is -0.465 e. The molecule has 0 aromatic carbocycles. The van der Waals surface area contributed by atoms with Gasteiger partial charge in [0.2, 0.25) is 0 Å². The van der Waals surface area contributed by atoms with Crippen molar-refractivity contribution in [1.29, 1.82) is 0 Å². The summed E-state index contributed by atoms with van der Waals surface area (Å²) in [6, 6.07) is -0.655. The normalized spacial score (nSPS) is 27.6. The fourth-order valence-electron chi connectivity index (χ4n) is 1.38. The van der Waals surface area contributed by atoms with Crippen molar-refractivity contribution < 1.29 is 19.0 Å². The van der Waals surface area contributed by atoms with E-state index in [2.05, 4.69) is 0 Å². The van der Waals surface area contributed by atoms with Gasteiger partial charge in [-0.05, 0) is 13.8 Å². The van der Waals surface area contributed by atoms with Crippen molar-refractivity contribution in [3.05, 3.63) is 0 Å². The molecule has 0 bridgehead atoms. The number of nitrogens with zero attached hydrogens (tertiary/aromatic N) is 1. The van der Waals surface area contributed by atoms with Crippen molar-refractivity contribution in [3.63, 3.8) is 0 Å². The highest BCUT2D eigenvalue weighted by molar-refractivity contribution is 5.66. The molecule has 1 aliphatic heterocycles. The van der Waals surface area contributed by atoms with Crippen LogP contribution in [-0.4, -0.2) is 41.1 Å². The van der Waals surface area contributed by atoms with Crippen molar-refractivity contribution in [1.82, 2.24) is 4.90 Å². The van der Waals surface area contributed by atoms with Crippen LogP contribution in [0.2, 0.25) is 0 Å². The molecule has 0 aromatic rings. The lowest BCUT2D eigenvalue weighted by atomic mass is 10.2. The Morgan fingerprint density at radius 1 is 1.83 bits per heavy atom. The molecule has 0 radical (unpaired) electrons. The number of hydrogen-bond donors (Lipinski definition) is 1. The van der Waals surface area contributed by atoms with Gasteiger partial charge in [0.15, 0.2) is 0 Å². The molecule has 0 aliphatic carbocycles. The maximum atomic E-state index is 12.3. The Bertz CT molecular complexity index is 195. The van der Waals surface area contributed by atoms with Gasteiger partial charge in [-0.3, -0.25) is 4.90 Å². The minimum atomic E-state index is -1.14. The summed E-state index contributed by atoms with van der Waals surface area (Å²) in [5, 5.41) is 8.73. The highest BCUT2D eigenvalue weighted by Gasteiger charge is 2.43. The highest BCUT2D eigenvalue weighted by atomic mass is 19.1. The predicted octanol–water partition coefficient (Wildman–Crippen LogP) is 1.07. The molecular weight excluding hydrogens is 165 g/mol. The van der Waals surface area contributed by atoms with Crippen LogP contribution < -0.4 is 0 Å². The number of hydrogen-bond acceptors (Lipinski definition) is 2. The molecule has 70 valence electrons. The number of carboxylic acid groups (broad SMARTS) is 1. The fraction of sp³-hybridized carbons (Fsp3) is 0.857. The lowest BCUT2D eigenvalue weighted by Gasteiger charge is -2.29. The second kappa shape index (κ2) is 2.90. The Labute approximate surface area is 69.9 Å². The number of rotatable bonds is 1. The first-order valence-electron chi connectivity index (χ1n) is 3.71. The van der Waals surface area contributed by atoms with E-state index < -0.39 is 24.5 Å². The summed E-state index contributed by atoms with van der Waals surface area (Å²) in [5.74, 6) is 0. The zero-order valence-corrected chi connectivity index (χ0v) is 7.08. The van der Waals surface area contributed by atoms with Crippen LogP contribution in [0.5, 0.6) is 0 Å². The second-order valence-corrected chi connectivity index (χ2v) is 3.22. The largest absolute Gasteiger partial charge is 0.465 e. The van der Waals surface area contributed by atoms with Crippen molar-refractivity contribution in [2.45, 2.75) is 25.6 Å². The van der Waals surface area contributed by atoms with Gasteiger partial charge in [-0.25, -0.2) is 9.18 Å². The summed E-state index contributed by atoms with van der Waals surface area (Å²) in [5.41, 5.74) is -0.900. The van der Waals surface area contributed by atoms with Crippen molar-refractivity contribution >= 4 is 6.09 Å². The van der Waals surface area contributed by atoms with E-state index in [0.717, 1.165) is 4.90 Å².